The average molecular weight is 314 g/mol. The van der Waals surface area contributed by atoms with E-state index >= 15 is 0 Å². The lowest BCUT2D eigenvalue weighted by atomic mass is 9.89. The Bertz CT molecular complexity index is 602. The Morgan fingerprint density at radius 2 is 2.25 bits per heavy atom. The largest absolute Gasteiger partial charge is 0.386 e. The first-order valence-electron chi connectivity index (χ1n) is 6.24. The molecule has 0 aliphatic heterocycles. The fraction of sp³-hybridized carbons (Fsp3) is 0.500. The molecular formula is C12H13Cl2N5O. The molecule has 1 aliphatic rings. The lowest BCUT2D eigenvalue weighted by molar-refractivity contribution is 0.00348. The van der Waals surface area contributed by atoms with Crippen LogP contribution in [-0.4, -0.2) is 40.8 Å². The first kappa shape index (κ1) is 13.7. The molecular weight excluding hydrogens is 301 g/mol. The summed E-state index contributed by atoms with van der Waals surface area (Å²) in [7, 11) is 0. The number of halogens is 2. The van der Waals surface area contributed by atoms with Crippen molar-refractivity contribution in [3.05, 3.63) is 35.4 Å². The summed E-state index contributed by atoms with van der Waals surface area (Å²) >= 11 is 12.5. The van der Waals surface area contributed by atoms with Crippen molar-refractivity contribution in [1.29, 1.82) is 0 Å². The highest BCUT2D eigenvalue weighted by atomic mass is 35.5. The molecule has 0 bridgehead atoms. The number of hydrogen-bond donors (Lipinski definition) is 1. The number of hydrogen-bond acceptors (Lipinski definition) is 5. The lowest BCUT2D eigenvalue weighted by Crippen LogP contribution is -2.47. The van der Waals surface area contributed by atoms with Crippen molar-refractivity contribution >= 4 is 23.2 Å². The second kappa shape index (κ2) is 4.95. The van der Waals surface area contributed by atoms with Crippen molar-refractivity contribution < 1.29 is 5.11 Å². The second-order valence-electron chi connectivity index (χ2n) is 5.09. The van der Waals surface area contributed by atoms with Gasteiger partial charge in [0.05, 0.1) is 11.4 Å². The number of nitrogens with zero attached hydrogens (tertiary/aromatic N) is 5. The second-order valence-corrected chi connectivity index (χ2v) is 6.17. The van der Waals surface area contributed by atoms with Crippen LogP contribution in [0.1, 0.15) is 18.4 Å². The van der Waals surface area contributed by atoms with E-state index in [4.69, 9.17) is 23.2 Å². The van der Waals surface area contributed by atoms with Crippen LogP contribution in [-0.2, 0) is 13.0 Å². The SMILES string of the molecule is OC(Cc1cccnc1Cl)(Cn1ncnn1)C1(Cl)CC1. The molecule has 0 spiro atoms. The van der Waals surface area contributed by atoms with Gasteiger partial charge in [0.25, 0.3) is 0 Å². The Morgan fingerprint density at radius 3 is 2.85 bits per heavy atom. The summed E-state index contributed by atoms with van der Waals surface area (Å²) in [6.07, 6.45) is 4.72. The van der Waals surface area contributed by atoms with E-state index in [9.17, 15) is 5.11 Å². The number of aromatic nitrogens is 5. The smallest absolute Gasteiger partial charge is 0.162 e. The van der Waals surface area contributed by atoms with E-state index in [1.807, 2.05) is 6.07 Å². The van der Waals surface area contributed by atoms with E-state index in [-0.39, 0.29) is 6.54 Å². The van der Waals surface area contributed by atoms with Crippen LogP contribution in [0, 0.1) is 0 Å². The summed E-state index contributed by atoms with van der Waals surface area (Å²) in [5.74, 6) is 0. The predicted molar refractivity (Wildman–Crippen MR) is 73.5 cm³/mol. The predicted octanol–water partition coefficient (Wildman–Crippen LogP) is 1.47. The molecule has 0 radical (unpaired) electrons. The summed E-state index contributed by atoms with van der Waals surface area (Å²) in [5, 5.41) is 22.8. The summed E-state index contributed by atoms with van der Waals surface area (Å²) in [6.45, 7) is 0.168. The van der Waals surface area contributed by atoms with Crippen LogP contribution in [0.15, 0.2) is 24.7 Å². The minimum atomic E-state index is -1.19. The van der Waals surface area contributed by atoms with Crippen LogP contribution < -0.4 is 0 Å². The number of rotatable bonds is 5. The number of aliphatic hydroxyl groups is 1. The Morgan fingerprint density at radius 1 is 1.45 bits per heavy atom. The van der Waals surface area contributed by atoms with Crippen molar-refractivity contribution in [1.82, 2.24) is 25.2 Å². The maximum absolute atomic E-state index is 11.0. The summed E-state index contributed by atoms with van der Waals surface area (Å²) < 4.78 is 0. The monoisotopic (exact) mass is 313 g/mol. The van der Waals surface area contributed by atoms with Gasteiger partial charge in [0.15, 0.2) is 6.33 Å². The molecule has 6 nitrogen and oxygen atoms in total. The molecule has 2 heterocycles. The highest BCUT2D eigenvalue weighted by Gasteiger charge is 2.58. The van der Waals surface area contributed by atoms with Gasteiger partial charge in [0, 0.05) is 12.6 Å². The topological polar surface area (TPSA) is 76.7 Å². The van der Waals surface area contributed by atoms with Gasteiger partial charge < -0.3 is 5.11 Å². The fourth-order valence-electron chi connectivity index (χ4n) is 2.29. The summed E-state index contributed by atoms with van der Waals surface area (Å²) in [5.41, 5.74) is -0.439. The molecule has 0 aromatic carbocycles. The maximum atomic E-state index is 11.0. The van der Waals surface area contributed by atoms with Gasteiger partial charge in [-0.2, -0.15) is 4.80 Å². The highest BCUT2D eigenvalue weighted by molar-refractivity contribution is 6.30. The van der Waals surface area contributed by atoms with Gasteiger partial charge in [-0.05, 0) is 29.7 Å². The van der Waals surface area contributed by atoms with E-state index in [2.05, 4.69) is 20.4 Å². The third-order valence-corrected chi connectivity index (χ3v) is 4.71. The zero-order valence-corrected chi connectivity index (χ0v) is 12.1. The molecule has 8 heteroatoms. The first-order valence-corrected chi connectivity index (χ1v) is 7.00. The highest BCUT2D eigenvalue weighted by Crippen LogP contribution is 2.53. The molecule has 2 aromatic rings. The van der Waals surface area contributed by atoms with Gasteiger partial charge in [-0.1, -0.05) is 17.7 Å². The van der Waals surface area contributed by atoms with Crippen LogP contribution in [0.25, 0.3) is 0 Å². The van der Waals surface area contributed by atoms with E-state index < -0.39 is 10.5 Å². The molecule has 1 fully saturated rings. The zero-order valence-electron chi connectivity index (χ0n) is 10.6. The Hall–Kier alpha value is -1.24. The molecule has 20 heavy (non-hydrogen) atoms. The molecule has 1 N–H and O–H groups in total. The van der Waals surface area contributed by atoms with Gasteiger partial charge >= 0.3 is 0 Å². The molecule has 2 aromatic heterocycles. The summed E-state index contributed by atoms with van der Waals surface area (Å²) in [6, 6.07) is 3.61. The van der Waals surface area contributed by atoms with E-state index in [0.29, 0.717) is 11.6 Å². The van der Waals surface area contributed by atoms with E-state index in [0.717, 1.165) is 18.4 Å². The van der Waals surface area contributed by atoms with Gasteiger partial charge in [-0.3, -0.25) is 0 Å². The van der Waals surface area contributed by atoms with Crippen LogP contribution in [0.3, 0.4) is 0 Å². The van der Waals surface area contributed by atoms with Gasteiger partial charge in [-0.15, -0.1) is 21.8 Å². The Kier molecular flexibility index (Phi) is 3.40. The third-order valence-electron chi connectivity index (χ3n) is 3.64. The van der Waals surface area contributed by atoms with Gasteiger partial charge in [0.2, 0.25) is 0 Å². The number of alkyl halides is 1. The number of pyridine rings is 1. The van der Waals surface area contributed by atoms with Gasteiger partial charge in [0.1, 0.15) is 10.8 Å². The molecule has 3 rings (SSSR count). The normalized spacial score (nSPS) is 19.6. The van der Waals surface area contributed by atoms with Crippen LogP contribution in [0.4, 0.5) is 0 Å². The van der Waals surface area contributed by atoms with E-state index in [1.54, 1.807) is 12.3 Å². The third kappa shape index (κ3) is 2.51. The van der Waals surface area contributed by atoms with Gasteiger partial charge in [-0.25, -0.2) is 4.98 Å². The molecule has 106 valence electrons. The maximum Gasteiger partial charge on any atom is 0.162 e. The lowest BCUT2D eigenvalue weighted by Gasteiger charge is -2.32. The van der Waals surface area contributed by atoms with Crippen molar-refractivity contribution in [2.75, 3.05) is 0 Å². The minimum absolute atomic E-state index is 0.168. The first-order chi connectivity index (χ1) is 9.52. The van der Waals surface area contributed by atoms with E-state index in [1.165, 1.54) is 11.1 Å². The van der Waals surface area contributed by atoms with Crippen molar-refractivity contribution in [2.24, 2.45) is 0 Å². The average Bonchev–Trinajstić information content (AvgIpc) is 2.98. The van der Waals surface area contributed by atoms with Crippen molar-refractivity contribution in [3.8, 4) is 0 Å². The minimum Gasteiger partial charge on any atom is -0.386 e. The Labute approximate surface area is 125 Å². The van der Waals surface area contributed by atoms with Crippen LogP contribution >= 0.6 is 23.2 Å². The molecule has 0 amide bonds. The molecule has 1 aliphatic carbocycles. The molecule has 1 saturated carbocycles. The summed E-state index contributed by atoms with van der Waals surface area (Å²) in [4.78, 5) is 4.70. The molecule has 1 unspecified atom stereocenters. The quantitative estimate of drug-likeness (QED) is 0.668. The molecule has 1 atom stereocenters. The van der Waals surface area contributed by atoms with Crippen molar-refractivity contribution in [3.63, 3.8) is 0 Å². The standard InChI is InChI=1S/C12H13Cl2N5O/c13-10-9(2-1-5-15-10)6-12(20,11(14)3-4-11)7-19-17-8-16-18-19/h1-2,5,8,20H,3-4,6-7H2. The number of tetrazole rings is 1. The fourth-order valence-corrected chi connectivity index (χ4v) is 2.70. The molecule has 0 saturated heterocycles. The zero-order chi connectivity index (χ0) is 14.2. The van der Waals surface area contributed by atoms with Crippen molar-refractivity contribution in [2.45, 2.75) is 36.3 Å². The Balaban J connectivity index is 1.89. The van der Waals surface area contributed by atoms with Crippen LogP contribution in [0.2, 0.25) is 5.15 Å². The van der Waals surface area contributed by atoms with Crippen LogP contribution in [0.5, 0.6) is 0 Å².